The second kappa shape index (κ2) is 9.34. The molecule has 1 aliphatic rings. The molecule has 2 heterocycles. The van der Waals surface area contributed by atoms with Crippen LogP contribution >= 0.6 is 11.3 Å². The van der Waals surface area contributed by atoms with Crippen molar-refractivity contribution in [2.24, 2.45) is 0 Å². The first-order chi connectivity index (χ1) is 15.7. The maximum atomic E-state index is 12.8. The van der Waals surface area contributed by atoms with E-state index in [1.807, 2.05) is 42.5 Å². The Balaban J connectivity index is 1.24. The van der Waals surface area contributed by atoms with Crippen LogP contribution in [-0.4, -0.2) is 17.4 Å². The molecule has 1 unspecified atom stereocenters. The van der Waals surface area contributed by atoms with Gasteiger partial charge in [0.1, 0.15) is 24.6 Å². The normalized spacial score (nSPS) is 15.1. The molecule has 4 aromatic rings. The summed E-state index contributed by atoms with van der Waals surface area (Å²) in [4.78, 5) is 20.3. The van der Waals surface area contributed by atoms with Crippen molar-refractivity contribution in [1.82, 2.24) is 4.98 Å². The van der Waals surface area contributed by atoms with E-state index in [0.717, 1.165) is 37.5 Å². The minimum Gasteiger partial charge on any atom is -0.457 e. The molecule has 160 valence electrons. The highest BCUT2D eigenvalue weighted by molar-refractivity contribution is 7.15. The van der Waals surface area contributed by atoms with E-state index in [4.69, 9.17) is 4.74 Å². The number of nitrogens with zero attached hydrogens (tertiary/aromatic N) is 1. The number of hydrogen-bond donors (Lipinski definition) is 2. The SMILES string of the molecule is O=C(Nc1nc2c(s1)C[NH+](Cc1ccccc1)CC2)c1cccc(Oc2ccccc2)c1. The predicted molar refractivity (Wildman–Crippen MR) is 126 cm³/mol. The molecular formula is C26H24N3O2S+. The molecule has 0 saturated heterocycles. The highest BCUT2D eigenvalue weighted by Crippen LogP contribution is 2.26. The molecule has 5 nitrogen and oxygen atoms in total. The van der Waals surface area contributed by atoms with Crippen LogP contribution in [0.3, 0.4) is 0 Å². The van der Waals surface area contributed by atoms with Crippen molar-refractivity contribution in [2.75, 3.05) is 11.9 Å². The van der Waals surface area contributed by atoms with Crippen molar-refractivity contribution in [1.29, 1.82) is 0 Å². The molecule has 0 spiro atoms. The number of quaternary nitrogens is 1. The third kappa shape index (κ3) is 4.88. The molecule has 32 heavy (non-hydrogen) atoms. The van der Waals surface area contributed by atoms with Crippen LogP contribution in [-0.2, 0) is 19.5 Å². The quantitative estimate of drug-likeness (QED) is 0.467. The fraction of sp³-hybridized carbons (Fsp3) is 0.154. The van der Waals surface area contributed by atoms with Crippen LogP contribution in [0.4, 0.5) is 5.13 Å². The summed E-state index contributed by atoms with van der Waals surface area (Å²) >= 11 is 1.58. The van der Waals surface area contributed by atoms with Crippen LogP contribution in [0.5, 0.6) is 11.5 Å². The Kier molecular flexibility index (Phi) is 5.96. The van der Waals surface area contributed by atoms with Gasteiger partial charge in [0, 0.05) is 17.5 Å². The molecule has 1 aliphatic heterocycles. The molecule has 1 amide bonds. The molecule has 1 aromatic heterocycles. The number of ether oxygens (including phenoxy) is 1. The largest absolute Gasteiger partial charge is 0.457 e. The average molecular weight is 443 g/mol. The molecule has 6 heteroatoms. The third-order valence-corrected chi connectivity index (χ3v) is 6.51. The molecule has 5 rings (SSSR count). The van der Waals surface area contributed by atoms with E-state index in [1.54, 1.807) is 23.5 Å². The van der Waals surface area contributed by atoms with Crippen molar-refractivity contribution >= 4 is 22.4 Å². The number of nitrogens with one attached hydrogen (secondary N) is 2. The van der Waals surface area contributed by atoms with E-state index in [1.165, 1.54) is 15.3 Å². The number of hydrogen-bond acceptors (Lipinski definition) is 4. The van der Waals surface area contributed by atoms with Crippen molar-refractivity contribution in [3.05, 3.63) is 107 Å². The second-order valence-electron chi connectivity index (χ2n) is 7.88. The summed E-state index contributed by atoms with van der Waals surface area (Å²) in [6, 6.07) is 27.3. The minimum absolute atomic E-state index is 0.178. The lowest BCUT2D eigenvalue weighted by molar-refractivity contribution is -0.929. The highest BCUT2D eigenvalue weighted by atomic mass is 32.1. The van der Waals surface area contributed by atoms with Gasteiger partial charge < -0.3 is 9.64 Å². The van der Waals surface area contributed by atoms with Crippen LogP contribution in [0.1, 0.15) is 26.5 Å². The van der Waals surface area contributed by atoms with Gasteiger partial charge in [0.05, 0.1) is 17.1 Å². The number of aromatic nitrogens is 1. The Hall–Kier alpha value is -3.48. The van der Waals surface area contributed by atoms with E-state index in [9.17, 15) is 4.79 Å². The third-order valence-electron chi connectivity index (χ3n) is 5.50. The van der Waals surface area contributed by atoms with Gasteiger partial charge in [-0.05, 0) is 30.3 Å². The van der Waals surface area contributed by atoms with E-state index in [2.05, 4.69) is 40.6 Å². The molecule has 1 atom stereocenters. The summed E-state index contributed by atoms with van der Waals surface area (Å²) in [6.07, 6.45) is 0.935. The smallest absolute Gasteiger partial charge is 0.257 e. The van der Waals surface area contributed by atoms with Crippen molar-refractivity contribution < 1.29 is 14.4 Å². The van der Waals surface area contributed by atoms with Crippen molar-refractivity contribution in [3.63, 3.8) is 0 Å². The van der Waals surface area contributed by atoms with E-state index in [0.29, 0.717) is 16.4 Å². The molecule has 0 bridgehead atoms. The Labute approximate surface area is 191 Å². The molecule has 0 radical (unpaired) electrons. The van der Waals surface area contributed by atoms with E-state index in [-0.39, 0.29) is 5.91 Å². The number of benzene rings is 3. The monoisotopic (exact) mass is 442 g/mol. The zero-order chi connectivity index (χ0) is 21.8. The van der Waals surface area contributed by atoms with Crippen LogP contribution in [0.25, 0.3) is 0 Å². The number of thiazole rings is 1. The molecule has 0 fully saturated rings. The molecule has 2 N–H and O–H groups in total. The minimum atomic E-state index is -0.178. The summed E-state index contributed by atoms with van der Waals surface area (Å²) in [5.74, 6) is 1.19. The van der Waals surface area contributed by atoms with Crippen LogP contribution < -0.4 is 15.0 Å². The Morgan fingerprint density at radius 2 is 1.72 bits per heavy atom. The van der Waals surface area contributed by atoms with Gasteiger partial charge >= 0.3 is 0 Å². The van der Waals surface area contributed by atoms with Gasteiger partial charge in [-0.15, -0.1) is 0 Å². The lowest BCUT2D eigenvalue weighted by Crippen LogP contribution is -3.10. The van der Waals surface area contributed by atoms with Gasteiger partial charge in [0.25, 0.3) is 5.91 Å². The molecular weight excluding hydrogens is 418 g/mol. The average Bonchev–Trinajstić information content (AvgIpc) is 3.22. The Morgan fingerprint density at radius 3 is 2.53 bits per heavy atom. The predicted octanol–water partition coefficient (Wildman–Crippen LogP) is 4.33. The lowest BCUT2D eigenvalue weighted by atomic mass is 10.1. The fourth-order valence-corrected chi connectivity index (χ4v) is 4.99. The number of para-hydroxylation sites is 1. The van der Waals surface area contributed by atoms with Gasteiger partial charge in [-0.3, -0.25) is 10.1 Å². The number of carbonyl (C=O) groups is 1. The fourth-order valence-electron chi connectivity index (χ4n) is 3.91. The number of fused-ring (bicyclic) bond motifs is 1. The number of carbonyl (C=O) groups excluding carboxylic acids is 1. The zero-order valence-corrected chi connectivity index (χ0v) is 18.4. The number of rotatable bonds is 6. The second-order valence-corrected chi connectivity index (χ2v) is 8.96. The van der Waals surface area contributed by atoms with Gasteiger partial charge in [-0.2, -0.15) is 0 Å². The number of anilines is 1. The van der Waals surface area contributed by atoms with E-state index < -0.39 is 0 Å². The van der Waals surface area contributed by atoms with Gasteiger partial charge in [0.15, 0.2) is 5.13 Å². The first-order valence-corrected chi connectivity index (χ1v) is 11.5. The molecule has 3 aromatic carbocycles. The van der Waals surface area contributed by atoms with Crippen LogP contribution in [0.2, 0.25) is 0 Å². The highest BCUT2D eigenvalue weighted by Gasteiger charge is 2.24. The maximum absolute atomic E-state index is 12.8. The standard InChI is InChI=1S/C26H23N3O2S/c30-25(20-10-7-13-22(16-20)31-21-11-5-2-6-12-21)28-26-27-23-14-15-29(18-24(23)32-26)17-19-8-3-1-4-9-19/h1-13,16H,14-15,17-18H2,(H,27,28,30)/p+1. The molecule has 0 aliphatic carbocycles. The zero-order valence-electron chi connectivity index (χ0n) is 17.6. The van der Waals surface area contributed by atoms with Gasteiger partial charge in [-0.25, -0.2) is 4.98 Å². The van der Waals surface area contributed by atoms with Crippen molar-refractivity contribution in [2.45, 2.75) is 19.5 Å². The van der Waals surface area contributed by atoms with Crippen LogP contribution in [0.15, 0.2) is 84.9 Å². The summed E-state index contributed by atoms with van der Waals surface area (Å²) in [7, 11) is 0. The van der Waals surface area contributed by atoms with Crippen LogP contribution in [0, 0.1) is 0 Å². The van der Waals surface area contributed by atoms with E-state index >= 15 is 0 Å². The van der Waals surface area contributed by atoms with Gasteiger partial charge in [0.2, 0.25) is 0 Å². The summed E-state index contributed by atoms with van der Waals surface area (Å²) in [5.41, 5.74) is 3.01. The Bertz CT molecular complexity index is 1210. The molecule has 0 saturated carbocycles. The van der Waals surface area contributed by atoms with Gasteiger partial charge in [-0.1, -0.05) is 65.9 Å². The topological polar surface area (TPSA) is 55.7 Å². The Morgan fingerprint density at radius 1 is 0.969 bits per heavy atom. The maximum Gasteiger partial charge on any atom is 0.257 e. The summed E-state index contributed by atoms with van der Waals surface area (Å²) in [5, 5.41) is 3.64. The first kappa shape index (κ1) is 20.4. The lowest BCUT2D eigenvalue weighted by Gasteiger charge is -2.22. The summed E-state index contributed by atoms with van der Waals surface area (Å²) in [6.45, 7) is 3.00. The first-order valence-electron chi connectivity index (χ1n) is 10.7. The van der Waals surface area contributed by atoms with Crippen molar-refractivity contribution in [3.8, 4) is 11.5 Å². The summed E-state index contributed by atoms with van der Waals surface area (Å²) < 4.78 is 5.85. The number of amides is 1.